The van der Waals surface area contributed by atoms with Crippen molar-refractivity contribution in [3.63, 3.8) is 0 Å². The SMILES string of the molecule is Nc1cccc(Oc2cccc(C(F)(F)F)n2)c1Br. The molecule has 3 nitrogen and oxygen atoms in total. The quantitative estimate of drug-likeness (QED) is 0.837. The Morgan fingerprint density at radius 1 is 1.11 bits per heavy atom. The molecule has 0 aliphatic carbocycles. The van der Waals surface area contributed by atoms with Gasteiger partial charge in [0.2, 0.25) is 5.88 Å². The molecule has 2 N–H and O–H groups in total. The van der Waals surface area contributed by atoms with Crippen molar-refractivity contribution in [3.05, 3.63) is 46.6 Å². The van der Waals surface area contributed by atoms with E-state index in [9.17, 15) is 13.2 Å². The molecular formula is C12H8BrF3N2O. The number of ether oxygens (including phenoxy) is 1. The van der Waals surface area contributed by atoms with Crippen molar-refractivity contribution in [2.45, 2.75) is 6.18 Å². The number of rotatable bonds is 2. The van der Waals surface area contributed by atoms with Gasteiger partial charge in [0.25, 0.3) is 0 Å². The number of nitrogen functional groups attached to an aromatic ring is 1. The number of benzene rings is 1. The Hall–Kier alpha value is -1.76. The third kappa shape index (κ3) is 3.17. The van der Waals surface area contributed by atoms with Gasteiger partial charge in [0.1, 0.15) is 11.4 Å². The lowest BCUT2D eigenvalue weighted by Gasteiger charge is -2.10. The van der Waals surface area contributed by atoms with Gasteiger partial charge < -0.3 is 10.5 Å². The summed E-state index contributed by atoms with van der Waals surface area (Å²) in [6.45, 7) is 0. The van der Waals surface area contributed by atoms with Gasteiger partial charge in [-0.05, 0) is 34.1 Å². The molecule has 0 spiro atoms. The van der Waals surface area contributed by atoms with E-state index in [0.717, 1.165) is 6.07 Å². The first-order valence-electron chi connectivity index (χ1n) is 5.14. The predicted molar refractivity (Wildman–Crippen MR) is 67.9 cm³/mol. The molecule has 0 fully saturated rings. The van der Waals surface area contributed by atoms with Crippen LogP contribution in [0.3, 0.4) is 0 Å². The Balaban J connectivity index is 2.31. The summed E-state index contributed by atoms with van der Waals surface area (Å²) in [5, 5.41) is 0. The molecule has 0 unspecified atom stereocenters. The second kappa shape index (κ2) is 5.08. The highest BCUT2D eigenvalue weighted by molar-refractivity contribution is 9.10. The average molecular weight is 333 g/mol. The lowest BCUT2D eigenvalue weighted by Crippen LogP contribution is -2.08. The lowest BCUT2D eigenvalue weighted by molar-refractivity contribution is -0.141. The fourth-order valence-electron chi connectivity index (χ4n) is 1.35. The molecule has 1 aromatic heterocycles. The Labute approximate surface area is 115 Å². The summed E-state index contributed by atoms with van der Waals surface area (Å²) < 4.78 is 43.3. The molecule has 1 heterocycles. The fraction of sp³-hybridized carbons (Fsp3) is 0.0833. The maximum Gasteiger partial charge on any atom is 0.433 e. The van der Waals surface area contributed by atoms with E-state index in [2.05, 4.69) is 20.9 Å². The van der Waals surface area contributed by atoms with Crippen molar-refractivity contribution in [1.29, 1.82) is 0 Å². The van der Waals surface area contributed by atoms with E-state index >= 15 is 0 Å². The Bertz CT molecular complexity index is 602. The zero-order chi connectivity index (χ0) is 14.0. The fourth-order valence-corrected chi connectivity index (χ4v) is 1.69. The van der Waals surface area contributed by atoms with Crippen molar-refractivity contribution < 1.29 is 17.9 Å². The zero-order valence-electron chi connectivity index (χ0n) is 9.41. The summed E-state index contributed by atoms with van der Waals surface area (Å²) in [5.41, 5.74) is 5.06. The summed E-state index contributed by atoms with van der Waals surface area (Å²) in [6.07, 6.45) is -4.51. The van der Waals surface area contributed by atoms with Gasteiger partial charge in [-0.2, -0.15) is 13.2 Å². The van der Waals surface area contributed by atoms with E-state index in [-0.39, 0.29) is 5.88 Å². The van der Waals surface area contributed by atoms with Crippen LogP contribution in [0.1, 0.15) is 5.69 Å². The number of nitrogens with two attached hydrogens (primary N) is 1. The Morgan fingerprint density at radius 3 is 2.47 bits per heavy atom. The van der Waals surface area contributed by atoms with E-state index in [1.165, 1.54) is 12.1 Å². The molecule has 0 radical (unpaired) electrons. The second-order valence-electron chi connectivity index (χ2n) is 3.62. The molecule has 0 aliphatic heterocycles. The lowest BCUT2D eigenvalue weighted by atomic mass is 10.3. The van der Waals surface area contributed by atoms with Crippen molar-refractivity contribution in [1.82, 2.24) is 4.98 Å². The topological polar surface area (TPSA) is 48.1 Å². The number of pyridine rings is 1. The van der Waals surface area contributed by atoms with Gasteiger partial charge in [0.05, 0.1) is 4.47 Å². The van der Waals surface area contributed by atoms with Crippen LogP contribution in [0.4, 0.5) is 18.9 Å². The monoisotopic (exact) mass is 332 g/mol. The number of aromatic nitrogens is 1. The summed E-state index contributed by atoms with van der Waals surface area (Å²) in [6, 6.07) is 8.28. The van der Waals surface area contributed by atoms with Crippen LogP contribution >= 0.6 is 15.9 Å². The number of halogens is 4. The van der Waals surface area contributed by atoms with Crippen LogP contribution in [-0.4, -0.2) is 4.98 Å². The standard InChI is InChI=1S/C12H8BrF3N2O/c13-11-7(17)3-1-4-8(11)19-10-6-2-5-9(18-10)12(14,15)16/h1-6H,17H2. The van der Waals surface area contributed by atoms with Gasteiger partial charge in [-0.3, -0.25) is 0 Å². The number of hydrogen-bond donors (Lipinski definition) is 1. The molecule has 0 saturated heterocycles. The highest BCUT2D eigenvalue weighted by Crippen LogP contribution is 2.34. The first-order valence-corrected chi connectivity index (χ1v) is 5.93. The summed E-state index contributed by atoms with van der Waals surface area (Å²) in [4.78, 5) is 3.40. The first kappa shape index (κ1) is 13.7. The maximum atomic E-state index is 12.5. The molecule has 0 bridgehead atoms. The van der Waals surface area contributed by atoms with Crippen molar-refractivity contribution >= 4 is 21.6 Å². The van der Waals surface area contributed by atoms with Gasteiger partial charge in [-0.25, -0.2) is 4.98 Å². The summed E-state index contributed by atoms with van der Waals surface area (Å²) in [7, 11) is 0. The first-order chi connectivity index (χ1) is 8.88. The van der Waals surface area contributed by atoms with Crippen LogP contribution < -0.4 is 10.5 Å². The Kier molecular flexibility index (Phi) is 3.66. The van der Waals surface area contributed by atoms with E-state index in [0.29, 0.717) is 15.9 Å². The van der Waals surface area contributed by atoms with E-state index in [4.69, 9.17) is 10.5 Å². The minimum atomic E-state index is -4.51. The van der Waals surface area contributed by atoms with Gasteiger partial charge in [-0.1, -0.05) is 12.1 Å². The molecule has 0 amide bonds. The Morgan fingerprint density at radius 2 is 1.79 bits per heavy atom. The highest BCUT2D eigenvalue weighted by Gasteiger charge is 2.32. The van der Waals surface area contributed by atoms with Crippen LogP contribution in [0, 0.1) is 0 Å². The minimum absolute atomic E-state index is 0.152. The smallest absolute Gasteiger partial charge is 0.433 e. The normalized spacial score (nSPS) is 11.4. The van der Waals surface area contributed by atoms with Gasteiger partial charge in [-0.15, -0.1) is 0 Å². The average Bonchev–Trinajstić information content (AvgIpc) is 2.34. The number of anilines is 1. The maximum absolute atomic E-state index is 12.5. The molecule has 2 aromatic rings. The third-order valence-electron chi connectivity index (χ3n) is 2.22. The molecule has 1 aromatic carbocycles. The second-order valence-corrected chi connectivity index (χ2v) is 4.41. The van der Waals surface area contributed by atoms with Crippen molar-refractivity contribution in [2.75, 3.05) is 5.73 Å². The van der Waals surface area contributed by atoms with E-state index in [1.54, 1.807) is 18.2 Å². The number of nitrogens with zero attached hydrogens (tertiary/aromatic N) is 1. The molecule has 2 rings (SSSR count). The molecular weight excluding hydrogens is 325 g/mol. The van der Waals surface area contributed by atoms with E-state index < -0.39 is 11.9 Å². The molecule has 0 saturated carbocycles. The summed E-state index contributed by atoms with van der Waals surface area (Å²) >= 11 is 3.20. The third-order valence-corrected chi connectivity index (χ3v) is 3.07. The van der Waals surface area contributed by atoms with Gasteiger partial charge in [0.15, 0.2) is 0 Å². The molecule has 0 aliphatic rings. The molecule has 100 valence electrons. The summed E-state index contributed by atoms with van der Waals surface area (Å²) in [5.74, 6) is 0.146. The van der Waals surface area contributed by atoms with Gasteiger partial charge in [0, 0.05) is 11.8 Å². The predicted octanol–water partition coefficient (Wildman–Crippen LogP) is 4.24. The number of alkyl halides is 3. The van der Waals surface area contributed by atoms with Crippen LogP contribution in [0.15, 0.2) is 40.9 Å². The highest BCUT2D eigenvalue weighted by atomic mass is 79.9. The minimum Gasteiger partial charge on any atom is -0.438 e. The zero-order valence-corrected chi connectivity index (χ0v) is 11.0. The van der Waals surface area contributed by atoms with Crippen LogP contribution in [0.2, 0.25) is 0 Å². The molecule has 19 heavy (non-hydrogen) atoms. The van der Waals surface area contributed by atoms with E-state index in [1.807, 2.05) is 0 Å². The van der Waals surface area contributed by atoms with Gasteiger partial charge >= 0.3 is 6.18 Å². The van der Waals surface area contributed by atoms with Crippen LogP contribution in [0.25, 0.3) is 0 Å². The number of hydrogen-bond acceptors (Lipinski definition) is 3. The molecule has 7 heteroatoms. The largest absolute Gasteiger partial charge is 0.438 e. The van der Waals surface area contributed by atoms with Crippen molar-refractivity contribution in [2.24, 2.45) is 0 Å². The molecule has 0 atom stereocenters. The van der Waals surface area contributed by atoms with Crippen molar-refractivity contribution in [3.8, 4) is 11.6 Å². The van der Waals surface area contributed by atoms with Crippen LogP contribution in [-0.2, 0) is 6.18 Å². The van der Waals surface area contributed by atoms with Crippen LogP contribution in [0.5, 0.6) is 11.6 Å².